The van der Waals surface area contributed by atoms with Crippen LogP contribution < -0.4 is 9.47 Å². The number of esters is 1. The van der Waals surface area contributed by atoms with E-state index in [9.17, 15) is 4.79 Å². The first-order chi connectivity index (χ1) is 9.91. The SMILES string of the molecule is COc1ccc(C(C)(C)C)cc1OC(=O)c1ccccc1. The molecule has 0 bridgehead atoms. The Morgan fingerprint density at radius 1 is 0.952 bits per heavy atom. The molecule has 2 rings (SSSR count). The van der Waals surface area contributed by atoms with Gasteiger partial charge in [-0.25, -0.2) is 4.79 Å². The zero-order chi connectivity index (χ0) is 15.5. The fraction of sp³-hybridized carbons (Fsp3) is 0.278. The number of hydrogen-bond donors (Lipinski definition) is 0. The van der Waals surface area contributed by atoms with Crippen molar-refractivity contribution in [3.8, 4) is 11.5 Å². The van der Waals surface area contributed by atoms with Crippen molar-refractivity contribution in [3.63, 3.8) is 0 Å². The van der Waals surface area contributed by atoms with Gasteiger partial charge in [0.1, 0.15) is 0 Å². The Hall–Kier alpha value is -2.29. The molecule has 0 amide bonds. The molecule has 0 fully saturated rings. The fourth-order valence-electron chi connectivity index (χ4n) is 1.96. The normalized spacial score (nSPS) is 11.0. The Labute approximate surface area is 125 Å². The molecule has 0 heterocycles. The number of ether oxygens (including phenoxy) is 2. The second-order valence-electron chi connectivity index (χ2n) is 5.87. The molecule has 21 heavy (non-hydrogen) atoms. The average molecular weight is 284 g/mol. The molecule has 0 aliphatic carbocycles. The third-order valence-corrected chi connectivity index (χ3v) is 3.24. The molecular weight excluding hydrogens is 264 g/mol. The Kier molecular flexibility index (Phi) is 4.32. The van der Waals surface area contributed by atoms with Gasteiger partial charge in [-0.15, -0.1) is 0 Å². The molecule has 0 saturated carbocycles. The summed E-state index contributed by atoms with van der Waals surface area (Å²) in [5.74, 6) is 0.603. The number of methoxy groups -OCH3 is 1. The Bertz CT molecular complexity index is 625. The summed E-state index contributed by atoms with van der Waals surface area (Å²) in [5.41, 5.74) is 1.57. The minimum atomic E-state index is -0.389. The molecule has 0 saturated heterocycles. The van der Waals surface area contributed by atoms with Gasteiger partial charge in [0.25, 0.3) is 0 Å². The van der Waals surface area contributed by atoms with Gasteiger partial charge < -0.3 is 9.47 Å². The van der Waals surface area contributed by atoms with Crippen molar-refractivity contribution < 1.29 is 14.3 Å². The predicted octanol–water partition coefficient (Wildman–Crippen LogP) is 4.21. The molecule has 2 aromatic carbocycles. The number of benzene rings is 2. The fourth-order valence-corrected chi connectivity index (χ4v) is 1.96. The maximum atomic E-state index is 12.2. The van der Waals surface area contributed by atoms with Gasteiger partial charge in [0.15, 0.2) is 11.5 Å². The molecule has 3 nitrogen and oxygen atoms in total. The molecule has 0 aliphatic heterocycles. The van der Waals surface area contributed by atoms with Gasteiger partial charge in [0.2, 0.25) is 0 Å². The zero-order valence-corrected chi connectivity index (χ0v) is 12.8. The van der Waals surface area contributed by atoms with Gasteiger partial charge in [-0.05, 0) is 35.2 Å². The highest BCUT2D eigenvalue weighted by Crippen LogP contribution is 2.33. The number of rotatable bonds is 3. The van der Waals surface area contributed by atoms with Gasteiger partial charge in [0, 0.05) is 0 Å². The second-order valence-corrected chi connectivity index (χ2v) is 5.87. The standard InChI is InChI=1S/C18H20O3/c1-18(2,3)14-10-11-15(20-4)16(12-14)21-17(19)13-8-6-5-7-9-13/h5-12H,1-4H3. The lowest BCUT2D eigenvalue weighted by molar-refractivity contribution is 0.0729. The van der Waals surface area contributed by atoms with Crippen LogP contribution in [0.5, 0.6) is 11.5 Å². The van der Waals surface area contributed by atoms with Gasteiger partial charge in [-0.2, -0.15) is 0 Å². The van der Waals surface area contributed by atoms with E-state index >= 15 is 0 Å². The highest BCUT2D eigenvalue weighted by molar-refractivity contribution is 5.91. The summed E-state index contributed by atoms with van der Waals surface area (Å²) in [7, 11) is 1.56. The van der Waals surface area contributed by atoms with E-state index in [2.05, 4.69) is 20.8 Å². The molecule has 0 unspecified atom stereocenters. The van der Waals surface area contributed by atoms with Crippen LogP contribution in [-0.4, -0.2) is 13.1 Å². The largest absolute Gasteiger partial charge is 0.493 e. The summed E-state index contributed by atoms with van der Waals surface area (Å²) < 4.78 is 10.8. The van der Waals surface area contributed by atoms with Crippen LogP contribution in [0, 0.1) is 0 Å². The van der Waals surface area contributed by atoms with Crippen LogP contribution in [0.4, 0.5) is 0 Å². The van der Waals surface area contributed by atoms with Gasteiger partial charge in [-0.1, -0.05) is 45.0 Å². The van der Waals surface area contributed by atoms with Gasteiger partial charge in [-0.3, -0.25) is 0 Å². The van der Waals surface area contributed by atoms with Crippen LogP contribution >= 0.6 is 0 Å². The first-order valence-corrected chi connectivity index (χ1v) is 6.87. The molecule has 0 N–H and O–H groups in total. The smallest absolute Gasteiger partial charge is 0.343 e. The van der Waals surface area contributed by atoms with Crippen molar-refractivity contribution in [2.75, 3.05) is 7.11 Å². The van der Waals surface area contributed by atoms with E-state index in [1.54, 1.807) is 31.4 Å². The van der Waals surface area contributed by atoms with Gasteiger partial charge in [0.05, 0.1) is 12.7 Å². The maximum absolute atomic E-state index is 12.2. The van der Waals surface area contributed by atoms with Crippen molar-refractivity contribution in [3.05, 3.63) is 59.7 Å². The van der Waals surface area contributed by atoms with Crippen LogP contribution in [0.2, 0.25) is 0 Å². The van der Waals surface area contributed by atoms with Crippen LogP contribution in [0.15, 0.2) is 48.5 Å². The van der Waals surface area contributed by atoms with Crippen molar-refractivity contribution in [1.82, 2.24) is 0 Å². The van der Waals surface area contributed by atoms with Crippen LogP contribution in [0.1, 0.15) is 36.7 Å². The lowest BCUT2D eigenvalue weighted by Gasteiger charge is -2.20. The summed E-state index contributed by atoms with van der Waals surface area (Å²) >= 11 is 0. The van der Waals surface area contributed by atoms with E-state index in [0.29, 0.717) is 17.1 Å². The Morgan fingerprint density at radius 3 is 2.19 bits per heavy atom. The highest BCUT2D eigenvalue weighted by atomic mass is 16.6. The Morgan fingerprint density at radius 2 is 1.62 bits per heavy atom. The molecule has 0 spiro atoms. The summed E-state index contributed by atoms with van der Waals surface area (Å²) in [4.78, 5) is 12.2. The molecule has 0 aliphatic rings. The summed E-state index contributed by atoms with van der Waals surface area (Å²) in [6, 6.07) is 14.6. The van der Waals surface area contributed by atoms with Crippen molar-refractivity contribution in [2.24, 2.45) is 0 Å². The van der Waals surface area contributed by atoms with E-state index in [1.807, 2.05) is 24.3 Å². The van der Waals surface area contributed by atoms with Crippen LogP contribution in [-0.2, 0) is 5.41 Å². The lowest BCUT2D eigenvalue weighted by Crippen LogP contribution is -2.13. The third-order valence-electron chi connectivity index (χ3n) is 3.24. The van der Waals surface area contributed by atoms with Crippen LogP contribution in [0.3, 0.4) is 0 Å². The monoisotopic (exact) mass is 284 g/mol. The molecule has 0 atom stereocenters. The molecule has 2 aromatic rings. The molecule has 0 radical (unpaired) electrons. The third kappa shape index (κ3) is 3.63. The summed E-state index contributed by atoms with van der Waals surface area (Å²) in [5, 5.41) is 0. The van der Waals surface area contributed by atoms with E-state index in [-0.39, 0.29) is 11.4 Å². The average Bonchev–Trinajstić information content (AvgIpc) is 2.47. The maximum Gasteiger partial charge on any atom is 0.343 e. The first-order valence-electron chi connectivity index (χ1n) is 6.87. The van der Waals surface area contributed by atoms with Crippen molar-refractivity contribution in [1.29, 1.82) is 0 Å². The number of carbonyl (C=O) groups excluding carboxylic acids is 1. The van der Waals surface area contributed by atoms with E-state index in [4.69, 9.17) is 9.47 Å². The van der Waals surface area contributed by atoms with Crippen molar-refractivity contribution >= 4 is 5.97 Å². The minimum absolute atomic E-state index is 0.0276. The Balaban J connectivity index is 2.32. The van der Waals surface area contributed by atoms with Crippen LogP contribution in [0.25, 0.3) is 0 Å². The first kappa shape index (κ1) is 15.1. The highest BCUT2D eigenvalue weighted by Gasteiger charge is 2.18. The lowest BCUT2D eigenvalue weighted by atomic mass is 9.87. The summed E-state index contributed by atoms with van der Waals surface area (Å²) in [6.45, 7) is 6.33. The summed E-state index contributed by atoms with van der Waals surface area (Å²) in [6.07, 6.45) is 0. The number of carbonyl (C=O) groups is 1. The molecule has 0 aromatic heterocycles. The van der Waals surface area contributed by atoms with E-state index in [0.717, 1.165) is 5.56 Å². The minimum Gasteiger partial charge on any atom is -0.493 e. The van der Waals surface area contributed by atoms with E-state index in [1.165, 1.54) is 0 Å². The van der Waals surface area contributed by atoms with Gasteiger partial charge >= 0.3 is 5.97 Å². The quantitative estimate of drug-likeness (QED) is 0.625. The van der Waals surface area contributed by atoms with Crippen molar-refractivity contribution in [2.45, 2.75) is 26.2 Å². The topological polar surface area (TPSA) is 35.5 Å². The predicted molar refractivity (Wildman–Crippen MR) is 83.1 cm³/mol. The molecule has 110 valence electrons. The molecule has 3 heteroatoms. The molecular formula is C18H20O3. The second kappa shape index (κ2) is 6.00. The van der Waals surface area contributed by atoms with E-state index < -0.39 is 0 Å². The number of hydrogen-bond acceptors (Lipinski definition) is 3. The zero-order valence-electron chi connectivity index (χ0n) is 12.8.